The van der Waals surface area contributed by atoms with Crippen LogP contribution in [0.25, 0.3) is 0 Å². The first-order chi connectivity index (χ1) is 11.8. The number of amides is 2. The van der Waals surface area contributed by atoms with E-state index in [1.54, 1.807) is 36.7 Å². The van der Waals surface area contributed by atoms with Crippen molar-refractivity contribution in [2.45, 2.75) is 45.9 Å². The monoisotopic (exact) mass is 361 g/mol. The van der Waals surface area contributed by atoms with E-state index in [4.69, 9.17) is 4.74 Å². The van der Waals surface area contributed by atoms with E-state index in [2.05, 4.69) is 15.6 Å². The number of nitrogens with one attached hydrogen (secondary N) is 2. The average molecular weight is 361 g/mol. The van der Waals surface area contributed by atoms with Gasteiger partial charge in [-0.15, -0.1) is 11.3 Å². The maximum atomic E-state index is 12.5. The zero-order valence-corrected chi connectivity index (χ0v) is 15.6. The smallest absolute Gasteiger partial charge is 0.255 e. The quantitative estimate of drug-likeness (QED) is 0.829. The zero-order valence-electron chi connectivity index (χ0n) is 14.8. The minimum Gasteiger partial charge on any atom is -0.486 e. The number of aromatic nitrogens is 1. The van der Waals surface area contributed by atoms with E-state index in [0.29, 0.717) is 11.3 Å². The molecule has 1 unspecified atom stereocenters. The lowest BCUT2D eigenvalue weighted by Crippen LogP contribution is -2.50. The first kappa shape index (κ1) is 18.9. The van der Waals surface area contributed by atoms with Gasteiger partial charge < -0.3 is 15.4 Å². The SMILES string of the molecule is CC(NC(=O)c1ccccc1OCc1cscn1)C(=O)NC(C)(C)C. The number of carbonyl (C=O) groups excluding carboxylic acids is 2. The van der Waals surface area contributed by atoms with Crippen LogP contribution in [0.15, 0.2) is 35.2 Å². The highest BCUT2D eigenvalue weighted by molar-refractivity contribution is 7.07. The van der Waals surface area contributed by atoms with Crippen LogP contribution in [0.2, 0.25) is 0 Å². The molecule has 7 heteroatoms. The van der Waals surface area contributed by atoms with Gasteiger partial charge in [-0.05, 0) is 39.8 Å². The molecule has 0 radical (unpaired) electrons. The minimum atomic E-state index is -0.654. The van der Waals surface area contributed by atoms with Gasteiger partial charge in [-0.25, -0.2) is 4.98 Å². The first-order valence-electron chi connectivity index (χ1n) is 7.98. The molecule has 1 aromatic carbocycles. The number of nitrogens with zero attached hydrogens (tertiary/aromatic N) is 1. The van der Waals surface area contributed by atoms with E-state index >= 15 is 0 Å². The van der Waals surface area contributed by atoms with Gasteiger partial charge in [-0.2, -0.15) is 0 Å². The molecule has 1 atom stereocenters. The highest BCUT2D eigenvalue weighted by Crippen LogP contribution is 2.19. The summed E-state index contributed by atoms with van der Waals surface area (Å²) in [5, 5.41) is 7.44. The molecule has 2 rings (SSSR count). The van der Waals surface area contributed by atoms with Gasteiger partial charge in [-0.3, -0.25) is 9.59 Å². The molecule has 2 amide bonds. The molecule has 0 aliphatic carbocycles. The molecule has 1 heterocycles. The molecule has 6 nitrogen and oxygen atoms in total. The lowest BCUT2D eigenvalue weighted by molar-refractivity contribution is -0.124. The van der Waals surface area contributed by atoms with Crippen molar-refractivity contribution in [2.24, 2.45) is 0 Å². The summed E-state index contributed by atoms with van der Waals surface area (Å²) in [7, 11) is 0. The Labute approximate surface area is 151 Å². The number of benzene rings is 1. The number of thiazole rings is 1. The van der Waals surface area contributed by atoms with Crippen LogP contribution in [0.1, 0.15) is 43.7 Å². The molecular weight excluding hydrogens is 338 g/mol. The van der Waals surface area contributed by atoms with Crippen molar-refractivity contribution in [3.05, 3.63) is 46.4 Å². The zero-order chi connectivity index (χ0) is 18.4. The standard InChI is InChI=1S/C18H23N3O3S/c1-12(16(22)21-18(2,3)4)20-17(23)14-7-5-6-8-15(14)24-9-13-10-25-11-19-13/h5-8,10-12H,9H2,1-4H3,(H,20,23)(H,21,22). The second kappa shape index (κ2) is 8.11. The fourth-order valence-corrected chi connectivity index (χ4v) is 2.60. The average Bonchev–Trinajstić information content (AvgIpc) is 3.05. The molecular formula is C18H23N3O3S. The van der Waals surface area contributed by atoms with E-state index in [-0.39, 0.29) is 24.0 Å². The maximum Gasteiger partial charge on any atom is 0.255 e. The largest absolute Gasteiger partial charge is 0.486 e. The van der Waals surface area contributed by atoms with Gasteiger partial charge in [-0.1, -0.05) is 12.1 Å². The van der Waals surface area contributed by atoms with E-state index in [1.165, 1.54) is 11.3 Å². The third-order valence-electron chi connectivity index (χ3n) is 3.23. The van der Waals surface area contributed by atoms with Crippen molar-refractivity contribution in [1.29, 1.82) is 0 Å². The van der Waals surface area contributed by atoms with Crippen molar-refractivity contribution in [3.63, 3.8) is 0 Å². The van der Waals surface area contributed by atoms with E-state index in [9.17, 15) is 9.59 Å². The lowest BCUT2D eigenvalue weighted by Gasteiger charge is -2.23. The Hall–Kier alpha value is -2.41. The first-order valence-corrected chi connectivity index (χ1v) is 8.92. The van der Waals surface area contributed by atoms with Gasteiger partial charge in [0.1, 0.15) is 18.4 Å². The Morgan fingerprint density at radius 2 is 2.00 bits per heavy atom. The third kappa shape index (κ3) is 5.86. The molecule has 2 N–H and O–H groups in total. The lowest BCUT2D eigenvalue weighted by atomic mass is 10.1. The third-order valence-corrected chi connectivity index (χ3v) is 3.87. The van der Waals surface area contributed by atoms with Crippen LogP contribution >= 0.6 is 11.3 Å². The van der Waals surface area contributed by atoms with Crippen LogP contribution < -0.4 is 15.4 Å². The van der Waals surface area contributed by atoms with E-state index in [1.807, 2.05) is 26.2 Å². The molecule has 0 saturated heterocycles. The minimum absolute atomic E-state index is 0.235. The summed E-state index contributed by atoms with van der Waals surface area (Å²) in [4.78, 5) is 28.8. The molecule has 0 aliphatic rings. The Kier molecular flexibility index (Phi) is 6.14. The molecule has 134 valence electrons. The molecule has 0 aliphatic heterocycles. The molecule has 2 aromatic rings. The highest BCUT2D eigenvalue weighted by Gasteiger charge is 2.22. The summed E-state index contributed by atoms with van der Waals surface area (Å²) in [6.07, 6.45) is 0. The molecule has 1 aromatic heterocycles. The maximum absolute atomic E-state index is 12.5. The van der Waals surface area contributed by atoms with Crippen molar-refractivity contribution < 1.29 is 14.3 Å². The predicted molar refractivity (Wildman–Crippen MR) is 97.7 cm³/mol. The summed E-state index contributed by atoms with van der Waals surface area (Å²) < 4.78 is 5.71. The fraction of sp³-hybridized carbons (Fsp3) is 0.389. The molecule has 25 heavy (non-hydrogen) atoms. The van der Waals surface area contributed by atoms with Gasteiger partial charge in [0.2, 0.25) is 5.91 Å². The normalized spacial score (nSPS) is 12.3. The summed E-state index contributed by atoms with van der Waals surface area (Å²) >= 11 is 1.49. The Balaban J connectivity index is 2.02. The van der Waals surface area contributed by atoms with Crippen molar-refractivity contribution in [2.75, 3.05) is 0 Å². The Bertz CT molecular complexity index is 723. The van der Waals surface area contributed by atoms with Crippen LogP contribution in [-0.2, 0) is 11.4 Å². The number of ether oxygens (including phenoxy) is 1. The Morgan fingerprint density at radius 1 is 1.28 bits per heavy atom. The second-order valence-corrected chi connectivity index (χ2v) is 7.42. The van der Waals surface area contributed by atoms with Crippen LogP contribution in [0.4, 0.5) is 0 Å². The summed E-state index contributed by atoms with van der Waals surface area (Å²) in [6.45, 7) is 7.61. The summed E-state index contributed by atoms with van der Waals surface area (Å²) in [5.74, 6) is -0.136. The van der Waals surface area contributed by atoms with Crippen LogP contribution in [0.3, 0.4) is 0 Å². The van der Waals surface area contributed by atoms with E-state index < -0.39 is 6.04 Å². The topological polar surface area (TPSA) is 80.3 Å². The van der Waals surface area contributed by atoms with Crippen molar-refractivity contribution in [3.8, 4) is 5.75 Å². The van der Waals surface area contributed by atoms with Gasteiger partial charge in [0, 0.05) is 10.9 Å². The van der Waals surface area contributed by atoms with Crippen LogP contribution in [-0.4, -0.2) is 28.4 Å². The van der Waals surface area contributed by atoms with Gasteiger partial charge >= 0.3 is 0 Å². The van der Waals surface area contributed by atoms with Crippen LogP contribution in [0.5, 0.6) is 5.75 Å². The van der Waals surface area contributed by atoms with Crippen molar-refractivity contribution >= 4 is 23.2 Å². The van der Waals surface area contributed by atoms with Crippen LogP contribution in [0, 0.1) is 0 Å². The second-order valence-electron chi connectivity index (χ2n) is 6.70. The number of carbonyl (C=O) groups is 2. The van der Waals surface area contributed by atoms with Gasteiger partial charge in [0.25, 0.3) is 5.91 Å². The molecule has 0 fully saturated rings. The fourth-order valence-electron chi connectivity index (χ4n) is 2.06. The number of hydrogen-bond donors (Lipinski definition) is 2. The Morgan fingerprint density at radius 3 is 2.64 bits per heavy atom. The number of para-hydroxylation sites is 1. The number of hydrogen-bond acceptors (Lipinski definition) is 5. The molecule has 0 spiro atoms. The highest BCUT2D eigenvalue weighted by atomic mass is 32.1. The number of rotatable bonds is 6. The molecule has 0 bridgehead atoms. The summed E-state index contributed by atoms with van der Waals surface area (Å²) in [5.41, 5.74) is 2.56. The predicted octanol–water partition coefficient (Wildman–Crippen LogP) is 2.76. The molecule has 0 saturated carbocycles. The van der Waals surface area contributed by atoms with E-state index in [0.717, 1.165) is 5.69 Å². The van der Waals surface area contributed by atoms with Gasteiger partial charge in [0.05, 0.1) is 16.8 Å². The summed E-state index contributed by atoms with van der Waals surface area (Å²) in [6, 6.07) is 6.28. The van der Waals surface area contributed by atoms with Crippen molar-refractivity contribution in [1.82, 2.24) is 15.6 Å². The van der Waals surface area contributed by atoms with Gasteiger partial charge in [0.15, 0.2) is 0 Å².